The quantitative estimate of drug-likeness (QED) is 0.583. The summed E-state index contributed by atoms with van der Waals surface area (Å²) in [5, 5.41) is 5.01. The van der Waals surface area contributed by atoms with Crippen LogP contribution >= 0.6 is 11.3 Å². The fourth-order valence-electron chi connectivity index (χ4n) is 3.47. The first-order valence-electron chi connectivity index (χ1n) is 10.1. The van der Waals surface area contributed by atoms with E-state index >= 15 is 0 Å². The number of morpholine rings is 1. The number of hydrogen-bond donors (Lipinski definition) is 1. The number of hydrogen-bond acceptors (Lipinski definition) is 5. The fraction of sp³-hybridized carbons (Fsp3) is 0.261. The summed E-state index contributed by atoms with van der Waals surface area (Å²) in [5.41, 5.74) is 2.72. The molecule has 0 bridgehead atoms. The minimum Gasteiger partial charge on any atom is -0.379 e. The number of sulfonamides is 1. The highest BCUT2D eigenvalue weighted by molar-refractivity contribution is 7.89. The Morgan fingerprint density at radius 1 is 1.00 bits per heavy atom. The van der Waals surface area contributed by atoms with Gasteiger partial charge in [0.15, 0.2) is 0 Å². The number of para-hydroxylation sites is 1. The van der Waals surface area contributed by atoms with Crippen LogP contribution in [0.15, 0.2) is 70.9 Å². The van der Waals surface area contributed by atoms with Crippen LogP contribution in [0, 0.1) is 0 Å². The fourth-order valence-corrected chi connectivity index (χ4v) is 5.65. The normalized spacial score (nSPS) is 15.0. The van der Waals surface area contributed by atoms with Crippen molar-refractivity contribution in [3.8, 4) is 10.4 Å². The van der Waals surface area contributed by atoms with Gasteiger partial charge in [-0.3, -0.25) is 4.79 Å². The van der Waals surface area contributed by atoms with Crippen molar-refractivity contribution in [1.29, 1.82) is 0 Å². The molecule has 4 rings (SSSR count). The van der Waals surface area contributed by atoms with Crippen molar-refractivity contribution in [3.05, 3.63) is 71.6 Å². The first kappa shape index (κ1) is 21.7. The molecule has 0 atom stereocenters. The van der Waals surface area contributed by atoms with Crippen molar-refractivity contribution < 1.29 is 17.9 Å². The van der Waals surface area contributed by atoms with E-state index in [9.17, 15) is 13.2 Å². The summed E-state index contributed by atoms with van der Waals surface area (Å²) in [6, 6.07) is 18.6. The van der Waals surface area contributed by atoms with Crippen LogP contribution in [0.25, 0.3) is 10.4 Å². The van der Waals surface area contributed by atoms with Gasteiger partial charge in [0.2, 0.25) is 15.9 Å². The highest BCUT2D eigenvalue weighted by Crippen LogP contribution is 2.31. The molecule has 2 aromatic carbocycles. The van der Waals surface area contributed by atoms with Gasteiger partial charge in [0, 0.05) is 35.6 Å². The van der Waals surface area contributed by atoms with Crippen molar-refractivity contribution in [2.45, 2.75) is 17.7 Å². The lowest BCUT2D eigenvalue weighted by Gasteiger charge is -2.26. The highest BCUT2D eigenvalue weighted by Gasteiger charge is 2.26. The largest absolute Gasteiger partial charge is 0.379 e. The third kappa shape index (κ3) is 5.22. The number of nitrogens with zero attached hydrogens (tertiary/aromatic N) is 1. The molecule has 2 heterocycles. The lowest BCUT2D eigenvalue weighted by molar-refractivity contribution is -0.116. The summed E-state index contributed by atoms with van der Waals surface area (Å²) >= 11 is 1.63. The van der Waals surface area contributed by atoms with Gasteiger partial charge in [0.05, 0.1) is 18.1 Å². The van der Waals surface area contributed by atoms with Crippen LogP contribution < -0.4 is 5.32 Å². The van der Waals surface area contributed by atoms with Gasteiger partial charge >= 0.3 is 0 Å². The molecule has 6 nitrogen and oxygen atoms in total. The summed E-state index contributed by atoms with van der Waals surface area (Å²) in [6.07, 6.45) is 0.846. The summed E-state index contributed by atoms with van der Waals surface area (Å²) < 4.78 is 32.1. The summed E-state index contributed by atoms with van der Waals surface area (Å²) in [4.78, 5) is 13.9. The molecule has 0 saturated carbocycles. The molecular formula is C23H24N2O4S2. The molecule has 3 aromatic rings. The van der Waals surface area contributed by atoms with Gasteiger partial charge < -0.3 is 10.1 Å². The maximum Gasteiger partial charge on any atom is 0.243 e. The minimum absolute atomic E-state index is 0.0750. The monoisotopic (exact) mass is 456 g/mol. The summed E-state index contributed by atoms with van der Waals surface area (Å²) in [5.74, 6) is -0.0750. The van der Waals surface area contributed by atoms with E-state index in [1.807, 2.05) is 41.8 Å². The predicted octanol–water partition coefficient (Wildman–Crippen LogP) is 4.01. The number of anilines is 1. The number of ether oxygens (including phenoxy) is 1. The van der Waals surface area contributed by atoms with E-state index in [1.165, 1.54) is 4.31 Å². The zero-order chi connectivity index (χ0) is 21.7. The molecule has 1 aromatic heterocycles. The summed E-state index contributed by atoms with van der Waals surface area (Å²) in [6.45, 7) is 1.58. The second-order valence-corrected chi connectivity index (χ2v) is 10.1. The molecule has 1 N–H and O–H groups in total. The second-order valence-electron chi connectivity index (χ2n) is 7.23. The Balaban J connectivity index is 1.36. The van der Waals surface area contributed by atoms with Gasteiger partial charge in [-0.15, -0.1) is 11.3 Å². The zero-order valence-corrected chi connectivity index (χ0v) is 18.6. The van der Waals surface area contributed by atoms with E-state index in [-0.39, 0.29) is 10.8 Å². The lowest BCUT2D eigenvalue weighted by atomic mass is 10.1. The molecule has 162 valence electrons. The van der Waals surface area contributed by atoms with Crippen molar-refractivity contribution in [3.63, 3.8) is 0 Å². The van der Waals surface area contributed by atoms with E-state index in [1.54, 1.807) is 35.6 Å². The Hall–Kier alpha value is -2.52. The van der Waals surface area contributed by atoms with Crippen LogP contribution in [0.3, 0.4) is 0 Å². The van der Waals surface area contributed by atoms with Gasteiger partial charge in [-0.25, -0.2) is 8.42 Å². The molecular weight excluding hydrogens is 432 g/mol. The number of aryl methyl sites for hydroxylation is 1. The van der Waals surface area contributed by atoms with Gasteiger partial charge in [-0.2, -0.15) is 4.31 Å². The Bertz CT molecular complexity index is 1120. The first-order chi connectivity index (χ1) is 15.0. The third-order valence-corrected chi connectivity index (χ3v) is 7.98. The number of carbonyl (C=O) groups is 1. The van der Waals surface area contributed by atoms with E-state index in [4.69, 9.17) is 4.74 Å². The number of thiophene rings is 1. The topological polar surface area (TPSA) is 75.7 Å². The molecule has 0 radical (unpaired) electrons. The van der Waals surface area contributed by atoms with Crippen LogP contribution in [0.4, 0.5) is 5.69 Å². The maximum atomic E-state index is 12.7. The SMILES string of the molecule is O=C(CCc1ccc(S(=O)(=O)N2CCOCC2)cc1)Nc1ccccc1-c1cccs1. The molecule has 0 aliphatic carbocycles. The van der Waals surface area contributed by atoms with Gasteiger partial charge in [-0.1, -0.05) is 36.4 Å². The Morgan fingerprint density at radius 3 is 2.45 bits per heavy atom. The molecule has 1 fully saturated rings. The number of nitrogens with one attached hydrogen (secondary N) is 1. The predicted molar refractivity (Wildman–Crippen MR) is 123 cm³/mol. The minimum atomic E-state index is -3.50. The van der Waals surface area contributed by atoms with Crippen LogP contribution in [-0.4, -0.2) is 44.9 Å². The average Bonchev–Trinajstić information content (AvgIpc) is 3.34. The van der Waals surface area contributed by atoms with Crippen molar-refractivity contribution in [2.75, 3.05) is 31.6 Å². The van der Waals surface area contributed by atoms with Crippen LogP contribution in [0.5, 0.6) is 0 Å². The van der Waals surface area contributed by atoms with Crippen LogP contribution in [0.1, 0.15) is 12.0 Å². The van der Waals surface area contributed by atoms with Crippen molar-refractivity contribution in [1.82, 2.24) is 4.31 Å². The van der Waals surface area contributed by atoms with E-state index in [0.717, 1.165) is 21.7 Å². The number of amides is 1. The third-order valence-electron chi connectivity index (χ3n) is 5.16. The lowest BCUT2D eigenvalue weighted by Crippen LogP contribution is -2.40. The smallest absolute Gasteiger partial charge is 0.243 e. The second kappa shape index (κ2) is 9.74. The standard InChI is InChI=1S/C23H24N2O4S2/c26-23(24-21-5-2-1-4-20(21)22-6-3-17-30-22)12-9-18-7-10-19(11-8-18)31(27,28)25-13-15-29-16-14-25/h1-8,10-11,17H,9,12-16H2,(H,24,26). The Morgan fingerprint density at radius 2 is 1.74 bits per heavy atom. The Kier molecular flexibility index (Phi) is 6.82. The molecule has 31 heavy (non-hydrogen) atoms. The van der Waals surface area contributed by atoms with Gasteiger partial charge in [-0.05, 0) is 41.6 Å². The van der Waals surface area contributed by atoms with E-state index in [0.29, 0.717) is 39.1 Å². The van der Waals surface area contributed by atoms with Gasteiger partial charge in [0.25, 0.3) is 0 Å². The van der Waals surface area contributed by atoms with E-state index in [2.05, 4.69) is 5.32 Å². The molecule has 1 aliphatic heterocycles. The highest BCUT2D eigenvalue weighted by atomic mass is 32.2. The van der Waals surface area contributed by atoms with Gasteiger partial charge in [0.1, 0.15) is 0 Å². The molecule has 0 spiro atoms. The van der Waals surface area contributed by atoms with Crippen molar-refractivity contribution >= 4 is 33.0 Å². The number of rotatable bonds is 7. The van der Waals surface area contributed by atoms with E-state index < -0.39 is 10.0 Å². The average molecular weight is 457 g/mol. The molecule has 1 saturated heterocycles. The maximum absolute atomic E-state index is 12.7. The molecule has 1 amide bonds. The van der Waals surface area contributed by atoms with Crippen LogP contribution in [0.2, 0.25) is 0 Å². The van der Waals surface area contributed by atoms with Crippen molar-refractivity contribution in [2.24, 2.45) is 0 Å². The van der Waals surface area contributed by atoms with Crippen LogP contribution in [-0.2, 0) is 26.0 Å². The number of carbonyl (C=O) groups excluding carboxylic acids is 1. The Labute approximate surface area is 186 Å². The molecule has 8 heteroatoms. The number of benzene rings is 2. The first-order valence-corrected chi connectivity index (χ1v) is 12.5. The molecule has 0 unspecified atom stereocenters. The summed E-state index contributed by atoms with van der Waals surface area (Å²) in [7, 11) is -3.50. The molecule has 1 aliphatic rings. The zero-order valence-electron chi connectivity index (χ0n) is 17.0.